The number of amides is 1. The maximum absolute atomic E-state index is 13.3. The van der Waals surface area contributed by atoms with Gasteiger partial charge in [-0.3, -0.25) is 9.69 Å². The lowest BCUT2D eigenvalue weighted by atomic mass is 10.2. The van der Waals surface area contributed by atoms with Crippen molar-refractivity contribution in [3.05, 3.63) is 48.0 Å². The maximum Gasteiger partial charge on any atom is 0.260 e. The van der Waals surface area contributed by atoms with Crippen LogP contribution in [0, 0.1) is 0 Å². The van der Waals surface area contributed by atoms with E-state index in [2.05, 4.69) is 4.90 Å². The number of thioether (sulfide) groups is 1. The van der Waals surface area contributed by atoms with Gasteiger partial charge < -0.3 is 9.64 Å². The largest absolute Gasteiger partial charge is 0.494 e. The average molecular weight is 430 g/mol. The molecular weight excluding hydrogens is 402 g/mol. The van der Waals surface area contributed by atoms with Gasteiger partial charge in [0.05, 0.1) is 16.8 Å². The predicted molar refractivity (Wildman–Crippen MR) is 124 cm³/mol. The Morgan fingerprint density at radius 3 is 2.55 bits per heavy atom. The van der Waals surface area contributed by atoms with Crippen molar-refractivity contribution in [2.75, 3.05) is 44.9 Å². The Labute approximate surface area is 180 Å². The number of fused-ring (bicyclic) bond motifs is 1. The van der Waals surface area contributed by atoms with Crippen LogP contribution in [0.2, 0.25) is 0 Å². The monoisotopic (exact) mass is 429 g/mol. The van der Waals surface area contributed by atoms with Gasteiger partial charge in [-0.1, -0.05) is 11.3 Å². The molecule has 0 aliphatic rings. The lowest BCUT2D eigenvalue weighted by Crippen LogP contribution is -2.33. The highest BCUT2D eigenvalue weighted by molar-refractivity contribution is 7.98. The molecule has 0 saturated carbocycles. The van der Waals surface area contributed by atoms with Gasteiger partial charge in [0.1, 0.15) is 5.75 Å². The lowest BCUT2D eigenvalue weighted by Gasteiger charge is -2.21. The summed E-state index contributed by atoms with van der Waals surface area (Å²) < 4.78 is 6.63. The fourth-order valence-corrected chi connectivity index (χ4v) is 4.41. The van der Waals surface area contributed by atoms with Crippen LogP contribution >= 0.6 is 23.1 Å². The minimum absolute atomic E-state index is 0.0134. The molecule has 0 unspecified atom stereocenters. The number of anilines is 1. The zero-order chi connectivity index (χ0) is 20.8. The molecule has 0 radical (unpaired) electrons. The second kappa shape index (κ2) is 10.1. The number of rotatable bonds is 9. The first-order valence-corrected chi connectivity index (χ1v) is 11.7. The van der Waals surface area contributed by atoms with Crippen LogP contribution in [-0.2, 0) is 0 Å². The topological polar surface area (TPSA) is 45.7 Å². The van der Waals surface area contributed by atoms with Crippen LogP contribution in [0.5, 0.6) is 5.75 Å². The van der Waals surface area contributed by atoms with Crippen LogP contribution in [-0.4, -0.2) is 55.8 Å². The molecule has 1 heterocycles. The molecule has 3 rings (SSSR count). The molecule has 0 aliphatic heterocycles. The van der Waals surface area contributed by atoms with Crippen molar-refractivity contribution in [2.45, 2.75) is 18.2 Å². The highest BCUT2D eigenvalue weighted by Gasteiger charge is 2.21. The number of aromatic nitrogens is 1. The number of hydrogen-bond donors (Lipinski definition) is 0. The van der Waals surface area contributed by atoms with Gasteiger partial charge >= 0.3 is 0 Å². The van der Waals surface area contributed by atoms with Crippen molar-refractivity contribution in [1.82, 2.24) is 9.88 Å². The first kappa shape index (κ1) is 21.6. The number of thiazole rings is 1. The third kappa shape index (κ3) is 5.50. The number of carbonyl (C=O) groups is 1. The maximum atomic E-state index is 13.3. The number of benzene rings is 2. The van der Waals surface area contributed by atoms with Gasteiger partial charge in [-0.05, 0) is 82.7 Å². The molecule has 0 saturated heterocycles. The molecule has 154 valence electrons. The minimum atomic E-state index is -0.0134. The summed E-state index contributed by atoms with van der Waals surface area (Å²) in [4.78, 5) is 23.1. The zero-order valence-electron chi connectivity index (χ0n) is 17.3. The summed E-state index contributed by atoms with van der Waals surface area (Å²) in [5, 5.41) is 0.728. The van der Waals surface area contributed by atoms with Crippen LogP contribution in [0.1, 0.15) is 23.7 Å². The normalized spacial score (nSPS) is 11.2. The summed E-state index contributed by atoms with van der Waals surface area (Å²) in [5.74, 6) is 0.814. The van der Waals surface area contributed by atoms with E-state index in [9.17, 15) is 4.79 Å². The summed E-state index contributed by atoms with van der Waals surface area (Å²) >= 11 is 3.20. The second-order valence-corrected chi connectivity index (χ2v) is 8.79. The fraction of sp³-hybridized carbons (Fsp3) is 0.364. The van der Waals surface area contributed by atoms with E-state index in [0.717, 1.165) is 39.0 Å². The molecule has 0 spiro atoms. The third-order valence-corrected chi connectivity index (χ3v) is 6.24. The minimum Gasteiger partial charge on any atom is -0.494 e. The molecule has 3 aromatic rings. The first-order chi connectivity index (χ1) is 14.0. The van der Waals surface area contributed by atoms with Crippen molar-refractivity contribution >= 4 is 44.4 Å². The van der Waals surface area contributed by atoms with Gasteiger partial charge in [0.15, 0.2) is 5.13 Å². The molecule has 0 bridgehead atoms. The summed E-state index contributed by atoms with van der Waals surface area (Å²) in [6.07, 6.45) is 2.91. The lowest BCUT2D eigenvalue weighted by molar-refractivity contribution is 0.0986. The van der Waals surface area contributed by atoms with Gasteiger partial charge in [-0.25, -0.2) is 4.98 Å². The summed E-state index contributed by atoms with van der Waals surface area (Å²) in [6, 6.07) is 13.6. The van der Waals surface area contributed by atoms with Gasteiger partial charge in [0, 0.05) is 17.0 Å². The summed E-state index contributed by atoms with van der Waals surface area (Å²) in [5.41, 5.74) is 1.57. The Kier molecular flexibility index (Phi) is 7.52. The van der Waals surface area contributed by atoms with E-state index in [0.29, 0.717) is 18.7 Å². The van der Waals surface area contributed by atoms with E-state index in [1.807, 2.05) is 74.6 Å². The molecule has 0 N–H and O–H groups in total. The molecule has 1 aromatic heterocycles. The molecule has 0 aliphatic carbocycles. The quantitative estimate of drug-likeness (QED) is 0.447. The van der Waals surface area contributed by atoms with Crippen LogP contribution in [0.25, 0.3) is 10.2 Å². The van der Waals surface area contributed by atoms with E-state index in [1.54, 1.807) is 11.8 Å². The second-order valence-electron chi connectivity index (χ2n) is 6.90. The number of nitrogens with zero attached hydrogens (tertiary/aromatic N) is 3. The van der Waals surface area contributed by atoms with Gasteiger partial charge in [0.2, 0.25) is 0 Å². The van der Waals surface area contributed by atoms with E-state index >= 15 is 0 Å². The Morgan fingerprint density at radius 2 is 1.90 bits per heavy atom. The van der Waals surface area contributed by atoms with E-state index in [-0.39, 0.29) is 5.91 Å². The Bertz CT molecular complexity index is 954. The smallest absolute Gasteiger partial charge is 0.260 e. The Hall–Kier alpha value is -2.09. The molecule has 0 fully saturated rings. The van der Waals surface area contributed by atoms with Crippen molar-refractivity contribution in [3.8, 4) is 5.75 Å². The number of hydrogen-bond acceptors (Lipinski definition) is 6. The SMILES string of the molecule is CCOc1ccc2nc(N(CCCN(C)C)C(=O)c3ccc(SC)cc3)sc2c1. The van der Waals surface area contributed by atoms with Crippen LogP contribution in [0.4, 0.5) is 5.13 Å². The Balaban J connectivity index is 1.91. The van der Waals surface area contributed by atoms with E-state index in [1.165, 1.54) is 11.3 Å². The van der Waals surface area contributed by atoms with E-state index < -0.39 is 0 Å². The fourth-order valence-electron chi connectivity index (χ4n) is 2.98. The molecule has 1 amide bonds. The zero-order valence-corrected chi connectivity index (χ0v) is 19.0. The van der Waals surface area contributed by atoms with Crippen LogP contribution in [0.3, 0.4) is 0 Å². The molecule has 0 atom stereocenters. The number of carbonyl (C=O) groups excluding carboxylic acids is 1. The summed E-state index contributed by atoms with van der Waals surface area (Å²) in [6.45, 7) is 4.13. The Morgan fingerprint density at radius 1 is 1.14 bits per heavy atom. The molecule has 2 aromatic carbocycles. The first-order valence-electron chi connectivity index (χ1n) is 9.66. The molecule has 5 nitrogen and oxygen atoms in total. The van der Waals surface area contributed by atoms with E-state index in [4.69, 9.17) is 9.72 Å². The molecule has 7 heteroatoms. The average Bonchev–Trinajstić information content (AvgIpc) is 3.14. The van der Waals surface area contributed by atoms with Gasteiger partial charge in [0.25, 0.3) is 5.91 Å². The van der Waals surface area contributed by atoms with Crippen molar-refractivity contribution in [3.63, 3.8) is 0 Å². The summed E-state index contributed by atoms with van der Waals surface area (Å²) in [7, 11) is 4.08. The predicted octanol–water partition coefficient (Wildman–Crippen LogP) is 5.02. The standard InChI is InChI=1S/C22H27N3O2S2/c1-5-27-17-9-12-19-20(15-17)29-22(23-19)25(14-6-13-24(2)3)21(26)16-7-10-18(28-4)11-8-16/h7-12,15H,5-6,13-14H2,1-4H3. The van der Waals surface area contributed by atoms with Crippen molar-refractivity contribution in [1.29, 1.82) is 0 Å². The molecule has 29 heavy (non-hydrogen) atoms. The van der Waals surface area contributed by atoms with Crippen LogP contribution < -0.4 is 9.64 Å². The van der Waals surface area contributed by atoms with Crippen LogP contribution in [0.15, 0.2) is 47.4 Å². The van der Waals surface area contributed by atoms with Gasteiger partial charge in [-0.15, -0.1) is 11.8 Å². The van der Waals surface area contributed by atoms with Crippen molar-refractivity contribution < 1.29 is 9.53 Å². The third-order valence-electron chi connectivity index (χ3n) is 4.46. The molecular formula is C22H27N3O2S2. The van der Waals surface area contributed by atoms with Crippen molar-refractivity contribution in [2.24, 2.45) is 0 Å². The highest BCUT2D eigenvalue weighted by atomic mass is 32.2. The highest BCUT2D eigenvalue weighted by Crippen LogP contribution is 2.32. The van der Waals surface area contributed by atoms with Gasteiger partial charge in [-0.2, -0.15) is 0 Å². The number of ether oxygens (including phenoxy) is 1.